The highest BCUT2D eigenvalue weighted by Crippen LogP contribution is 2.41. The molecule has 0 saturated carbocycles. The number of nitrogens with one attached hydrogen (secondary N) is 2. The predicted molar refractivity (Wildman–Crippen MR) is 103 cm³/mol. The predicted octanol–water partition coefficient (Wildman–Crippen LogP) is 5.14. The molecule has 4 N–H and O–H groups in total. The van der Waals surface area contributed by atoms with Crippen molar-refractivity contribution in [2.75, 3.05) is 16.4 Å². The Kier molecular flexibility index (Phi) is 5.63. The number of alkyl halides is 3. The second-order valence-electron chi connectivity index (χ2n) is 5.59. The molecule has 2 aromatic carbocycles. The van der Waals surface area contributed by atoms with Crippen molar-refractivity contribution in [1.29, 1.82) is 5.26 Å². The van der Waals surface area contributed by atoms with E-state index in [2.05, 4.69) is 25.6 Å². The Morgan fingerprint density at radius 1 is 0.966 bits per heavy atom. The van der Waals surface area contributed by atoms with Crippen molar-refractivity contribution >= 4 is 52.4 Å². The van der Waals surface area contributed by atoms with Crippen LogP contribution in [-0.2, 0) is 6.18 Å². The summed E-state index contributed by atoms with van der Waals surface area (Å²) in [7, 11) is 0. The van der Waals surface area contributed by atoms with Crippen LogP contribution in [0.4, 0.5) is 42.4 Å². The number of nitrogens with two attached hydrogens (primary N) is 1. The van der Waals surface area contributed by atoms with Crippen LogP contribution < -0.4 is 16.4 Å². The molecule has 29 heavy (non-hydrogen) atoms. The summed E-state index contributed by atoms with van der Waals surface area (Å²) in [6.07, 6.45) is -4.72. The van der Waals surface area contributed by atoms with E-state index in [9.17, 15) is 13.2 Å². The van der Waals surface area contributed by atoms with Gasteiger partial charge in [-0.25, -0.2) is 0 Å². The number of benzene rings is 2. The summed E-state index contributed by atoms with van der Waals surface area (Å²) in [5, 5.41) is 13.6. The fourth-order valence-electron chi connectivity index (χ4n) is 2.30. The minimum Gasteiger partial charge on any atom is -0.368 e. The van der Waals surface area contributed by atoms with Gasteiger partial charge in [0.1, 0.15) is 0 Å². The fourth-order valence-corrected chi connectivity index (χ4v) is 2.84. The van der Waals surface area contributed by atoms with Crippen LogP contribution in [0.5, 0.6) is 0 Å². The van der Waals surface area contributed by atoms with Gasteiger partial charge in [-0.3, -0.25) is 0 Å². The maximum atomic E-state index is 13.3. The van der Waals surface area contributed by atoms with Crippen molar-refractivity contribution in [2.24, 2.45) is 0 Å². The van der Waals surface area contributed by atoms with Crippen LogP contribution >= 0.6 is 23.2 Å². The third kappa shape index (κ3) is 4.96. The van der Waals surface area contributed by atoms with E-state index in [0.29, 0.717) is 11.3 Å². The van der Waals surface area contributed by atoms with Gasteiger partial charge in [-0.2, -0.15) is 33.4 Å². The zero-order valence-electron chi connectivity index (χ0n) is 14.2. The average molecular weight is 440 g/mol. The number of nitriles is 1. The number of nitrogens with zero attached hydrogens (tertiary/aromatic N) is 4. The van der Waals surface area contributed by atoms with Crippen molar-refractivity contribution in [1.82, 2.24) is 15.0 Å². The molecule has 12 heteroatoms. The van der Waals surface area contributed by atoms with Crippen LogP contribution in [0.1, 0.15) is 11.1 Å². The summed E-state index contributed by atoms with van der Waals surface area (Å²) in [6, 6.07) is 10.2. The van der Waals surface area contributed by atoms with Crippen LogP contribution in [0.3, 0.4) is 0 Å². The van der Waals surface area contributed by atoms with E-state index in [1.807, 2.05) is 6.07 Å². The molecule has 0 amide bonds. The minimum absolute atomic E-state index is 0.0247. The maximum absolute atomic E-state index is 13.3. The molecule has 148 valence electrons. The molecule has 3 aromatic rings. The molecule has 1 heterocycles. The lowest BCUT2D eigenvalue weighted by Crippen LogP contribution is -2.12. The number of rotatable bonds is 4. The fraction of sp³-hybridized carbons (Fsp3) is 0.0588. The minimum atomic E-state index is -4.72. The monoisotopic (exact) mass is 439 g/mol. The highest BCUT2D eigenvalue weighted by atomic mass is 35.5. The van der Waals surface area contributed by atoms with E-state index < -0.39 is 17.4 Å². The van der Waals surface area contributed by atoms with Crippen molar-refractivity contribution in [2.45, 2.75) is 6.18 Å². The Balaban J connectivity index is 1.94. The Morgan fingerprint density at radius 3 is 2.17 bits per heavy atom. The Labute approximate surface area is 172 Å². The molecular weight excluding hydrogens is 430 g/mol. The van der Waals surface area contributed by atoms with Gasteiger partial charge in [0, 0.05) is 10.7 Å². The van der Waals surface area contributed by atoms with E-state index in [1.165, 1.54) is 0 Å². The number of halogens is 5. The zero-order valence-corrected chi connectivity index (χ0v) is 15.7. The first-order valence-electron chi connectivity index (χ1n) is 7.77. The summed E-state index contributed by atoms with van der Waals surface area (Å²) in [4.78, 5) is 11.7. The first kappa shape index (κ1) is 20.4. The van der Waals surface area contributed by atoms with E-state index >= 15 is 0 Å². The molecule has 0 radical (unpaired) electrons. The second-order valence-corrected chi connectivity index (χ2v) is 6.43. The van der Waals surface area contributed by atoms with E-state index in [-0.39, 0.29) is 27.9 Å². The van der Waals surface area contributed by atoms with E-state index in [4.69, 9.17) is 34.2 Å². The molecule has 0 aliphatic carbocycles. The van der Waals surface area contributed by atoms with Crippen molar-refractivity contribution in [3.63, 3.8) is 0 Å². The van der Waals surface area contributed by atoms with Gasteiger partial charge in [0.15, 0.2) is 0 Å². The van der Waals surface area contributed by atoms with Crippen LogP contribution in [0, 0.1) is 11.3 Å². The quantitative estimate of drug-likeness (QED) is 0.515. The summed E-state index contributed by atoms with van der Waals surface area (Å²) >= 11 is 11.6. The molecule has 0 bridgehead atoms. The Morgan fingerprint density at radius 2 is 1.59 bits per heavy atom. The first-order valence-corrected chi connectivity index (χ1v) is 8.53. The van der Waals surface area contributed by atoms with Gasteiger partial charge in [-0.05, 0) is 36.4 Å². The lowest BCUT2D eigenvalue weighted by Gasteiger charge is -2.16. The number of hydrogen-bond donors (Lipinski definition) is 3. The second kappa shape index (κ2) is 7.98. The first-order chi connectivity index (χ1) is 13.7. The summed E-state index contributed by atoms with van der Waals surface area (Å²) in [6.45, 7) is 0. The van der Waals surface area contributed by atoms with Gasteiger partial charge >= 0.3 is 6.18 Å². The lowest BCUT2D eigenvalue weighted by atomic mass is 10.1. The highest BCUT2D eigenvalue weighted by molar-refractivity contribution is 6.36. The standard InChI is InChI=1S/C17H10Cl2F3N7/c18-9-5-11(17(20,21)22)13(12(19)6-9)26-16-28-14(24)27-15(29-16)25-10-3-1-8(7-23)2-4-10/h1-6H,(H4,24,25,26,27,28,29). The van der Waals surface area contributed by atoms with Crippen LogP contribution in [-0.4, -0.2) is 15.0 Å². The lowest BCUT2D eigenvalue weighted by molar-refractivity contribution is -0.136. The SMILES string of the molecule is N#Cc1ccc(Nc2nc(N)nc(Nc3c(Cl)cc(Cl)cc3C(F)(F)F)n2)cc1. The average Bonchev–Trinajstić information content (AvgIpc) is 2.63. The van der Waals surface area contributed by atoms with Crippen molar-refractivity contribution in [3.8, 4) is 6.07 Å². The Hall–Kier alpha value is -3.29. The summed E-state index contributed by atoms with van der Waals surface area (Å²) < 4.78 is 40.0. The smallest absolute Gasteiger partial charge is 0.368 e. The maximum Gasteiger partial charge on any atom is 0.418 e. The molecule has 0 aliphatic rings. The van der Waals surface area contributed by atoms with E-state index in [1.54, 1.807) is 24.3 Å². The van der Waals surface area contributed by atoms with Gasteiger partial charge in [0.25, 0.3) is 0 Å². The van der Waals surface area contributed by atoms with Gasteiger partial charge in [0.05, 0.1) is 27.9 Å². The highest BCUT2D eigenvalue weighted by Gasteiger charge is 2.35. The van der Waals surface area contributed by atoms with Gasteiger partial charge < -0.3 is 16.4 Å². The molecule has 0 unspecified atom stereocenters. The number of anilines is 5. The molecule has 3 rings (SSSR count). The topological polar surface area (TPSA) is 113 Å². The molecule has 1 aromatic heterocycles. The third-order valence-electron chi connectivity index (χ3n) is 3.52. The van der Waals surface area contributed by atoms with Gasteiger partial charge in [0.2, 0.25) is 17.8 Å². The normalized spacial score (nSPS) is 11.0. The summed E-state index contributed by atoms with van der Waals surface area (Å²) in [5.74, 6) is -0.524. The van der Waals surface area contributed by atoms with Crippen molar-refractivity contribution < 1.29 is 13.2 Å². The number of hydrogen-bond acceptors (Lipinski definition) is 7. The van der Waals surface area contributed by atoms with Crippen LogP contribution in [0.15, 0.2) is 36.4 Å². The van der Waals surface area contributed by atoms with Crippen LogP contribution in [0.2, 0.25) is 10.0 Å². The van der Waals surface area contributed by atoms with E-state index in [0.717, 1.165) is 12.1 Å². The zero-order chi connectivity index (χ0) is 21.2. The molecular formula is C17H10Cl2F3N7. The number of aromatic nitrogens is 3. The number of nitrogen functional groups attached to an aromatic ring is 1. The van der Waals surface area contributed by atoms with Crippen molar-refractivity contribution in [3.05, 3.63) is 57.6 Å². The third-order valence-corrected chi connectivity index (χ3v) is 4.04. The molecule has 0 fully saturated rings. The Bertz CT molecular complexity index is 1100. The molecule has 0 aliphatic heterocycles. The van der Waals surface area contributed by atoms with Crippen LogP contribution in [0.25, 0.3) is 0 Å². The largest absolute Gasteiger partial charge is 0.418 e. The summed E-state index contributed by atoms with van der Waals surface area (Å²) in [5.41, 5.74) is 5.05. The molecule has 0 saturated heterocycles. The molecule has 0 spiro atoms. The van der Waals surface area contributed by atoms with Gasteiger partial charge in [-0.1, -0.05) is 23.2 Å². The van der Waals surface area contributed by atoms with Gasteiger partial charge in [-0.15, -0.1) is 0 Å². The molecule has 0 atom stereocenters. The molecule has 7 nitrogen and oxygen atoms in total.